The third-order valence-corrected chi connectivity index (χ3v) is 6.86. The van der Waals surface area contributed by atoms with Crippen LogP contribution in [0.5, 0.6) is 0 Å². The summed E-state index contributed by atoms with van der Waals surface area (Å²) in [7, 11) is 0. The molecule has 160 valence electrons. The van der Waals surface area contributed by atoms with E-state index in [4.69, 9.17) is 16.6 Å². The molecule has 3 heterocycles. The molecule has 1 atom stereocenters. The smallest absolute Gasteiger partial charge is 0.153 e. The van der Waals surface area contributed by atoms with Crippen molar-refractivity contribution in [1.82, 2.24) is 9.55 Å². The van der Waals surface area contributed by atoms with Gasteiger partial charge in [0.05, 0.1) is 11.6 Å². The van der Waals surface area contributed by atoms with Crippen molar-refractivity contribution in [3.8, 4) is 0 Å². The van der Waals surface area contributed by atoms with E-state index in [9.17, 15) is 0 Å². The highest BCUT2D eigenvalue weighted by molar-refractivity contribution is 6.30. The first kappa shape index (κ1) is 21.7. The number of nitrogens with zero attached hydrogens (tertiary/aromatic N) is 3. The van der Waals surface area contributed by atoms with Gasteiger partial charge in [0.25, 0.3) is 0 Å². The van der Waals surface area contributed by atoms with Gasteiger partial charge in [0.1, 0.15) is 0 Å². The summed E-state index contributed by atoms with van der Waals surface area (Å²) in [5, 5.41) is 2.09. The monoisotopic (exact) mass is 451 g/mol. The van der Waals surface area contributed by atoms with Crippen LogP contribution in [0.15, 0.2) is 60.8 Å². The number of benzene rings is 2. The fraction of sp³-hybridized carbons (Fsp3) is 0.269. The number of halogens is 2. The summed E-state index contributed by atoms with van der Waals surface area (Å²) in [6.45, 7) is 8.50. The van der Waals surface area contributed by atoms with Crippen molar-refractivity contribution >= 4 is 40.7 Å². The number of pyridine rings is 1. The Morgan fingerprint density at radius 3 is 2.61 bits per heavy atom. The Bertz CT molecular complexity index is 1230. The minimum absolute atomic E-state index is 0. The van der Waals surface area contributed by atoms with E-state index in [0.717, 1.165) is 30.4 Å². The number of fused-ring (bicyclic) bond motifs is 2. The zero-order valence-electron chi connectivity index (χ0n) is 18.1. The topological polar surface area (TPSA) is 21.1 Å². The minimum atomic E-state index is 0. The van der Waals surface area contributed by atoms with Crippen LogP contribution >= 0.6 is 24.0 Å². The third kappa shape index (κ3) is 3.71. The predicted octanol–water partition coefficient (Wildman–Crippen LogP) is 6.90. The van der Waals surface area contributed by atoms with Crippen molar-refractivity contribution in [1.29, 1.82) is 0 Å². The molecule has 0 N–H and O–H groups in total. The quantitative estimate of drug-likeness (QED) is 0.337. The Morgan fingerprint density at radius 1 is 1.06 bits per heavy atom. The van der Waals surface area contributed by atoms with Crippen LogP contribution in [0.2, 0.25) is 5.02 Å². The summed E-state index contributed by atoms with van der Waals surface area (Å²) in [4.78, 5) is 7.35. The molecule has 2 aromatic heterocycles. The maximum absolute atomic E-state index is 6.33. The first-order valence-electron chi connectivity index (χ1n) is 10.6. The van der Waals surface area contributed by atoms with E-state index < -0.39 is 0 Å². The average molecular weight is 452 g/mol. The van der Waals surface area contributed by atoms with Crippen molar-refractivity contribution in [2.24, 2.45) is 0 Å². The first-order chi connectivity index (χ1) is 14.5. The lowest BCUT2D eigenvalue weighted by atomic mass is 9.93. The number of hydrogen-bond acceptors (Lipinski definition) is 2. The van der Waals surface area contributed by atoms with E-state index in [1.54, 1.807) is 0 Å². The number of aromatic nitrogens is 2. The summed E-state index contributed by atoms with van der Waals surface area (Å²) >= 11 is 6.33. The zero-order chi connectivity index (χ0) is 20.8. The van der Waals surface area contributed by atoms with Crippen LogP contribution in [0.4, 0.5) is 5.82 Å². The normalized spacial score (nSPS) is 15.6. The molecule has 0 saturated heterocycles. The molecule has 1 aliphatic rings. The van der Waals surface area contributed by atoms with Crippen LogP contribution in [0, 0.1) is 13.8 Å². The zero-order valence-corrected chi connectivity index (χ0v) is 19.7. The van der Waals surface area contributed by atoms with Gasteiger partial charge in [0.15, 0.2) is 5.82 Å². The fourth-order valence-corrected chi connectivity index (χ4v) is 5.01. The molecule has 2 aromatic carbocycles. The third-order valence-electron chi connectivity index (χ3n) is 6.63. The maximum atomic E-state index is 6.33. The second-order valence-corrected chi connectivity index (χ2v) is 8.71. The first-order valence-corrected chi connectivity index (χ1v) is 11.0. The summed E-state index contributed by atoms with van der Waals surface area (Å²) in [5.41, 5.74) is 7.86. The molecule has 5 rings (SSSR count). The second kappa shape index (κ2) is 8.57. The van der Waals surface area contributed by atoms with E-state index in [0.29, 0.717) is 0 Å². The standard InChI is InChI=1S/C26H26ClN3.ClH/c1-17-18(2)30(16-20-7-5-4-6-8-20)25-23(17)11-13-28-26(25)29-14-12-21-9-10-22(27)15-24(21)19(29)3;/h4-11,13,15,19H,12,14,16H2,1-3H3;1H. The van der Waals surface area contributed by atoms with Gasteiger partial charge in [-0.1, -0.05) is 48.0 Å². The van der Waals surface area contributed by atoms with Gasteiger partial charge in [-0.15, -0.1) is 12.4 Å². The molecular weight excluding hydrogens is 425 g/mol. The molecule has 0 radical (unpaired) electrons. The van der Waals surface area contributed by atoms with Crippen molar-refractivity contribution in [3.63, 3.8) is 0 Å². The number of hydrogen-bond donors (Lipinski definition) is 0. The Kier molecular flexibility index (Phi) is 6.00. The lowest BCUT2D eigenvalue weighted by molar-refractivity contribution is 0.617. The van der Waals surface area contributed by atoms with Crippen LogP contribution in [0.3, 0.4) is 0 Å². The van der Waals surface area contributed by atoms with Crippen LogP contribution < -0.4 is 4.90 Å². The molecular formula is C26H27Cl2N3. The highest BCUT2D eigenvalue weighted by Crippen LogP contribution is 2.39. The molecule has 0 amide bonds. The van der Waals surface area contributed by atoms with E-state index in [1.165, 1.54) is 38.9 Å². The lowest BCUT2D eigenvalue weighted by Crippen LogP contribution is -2.35. The van der Waals surface area contributed by atoms with Crippen molar-refractivity contribution in [2.45, 2.75) is 39.8 Å². The van der Waals surface area contributed by atoms with Crippen molar-refractivity contribution < 1.29 is 0 Å². The molecule has 3 nitrogen and oxygen atoms in total. The van der Waals surface area contributed by atoms with E-state index in [2.05, 4.69) is 78.8 Å². The van der Waals surface area contributed by atoms with Gasteiger partial charge < -0.3 is 9.47 Å². The Hall–Kier alpha value is -2.49. The number of rotatable bonds is 3. The van der Waals surface area contributed by atoms with Gasteiger partial charge >= 0.3 is 0 Å². The molecule has 0 aliphatic carbocycles. The lowest BCUT2D eigenvalue weighted by Gasteiger charge is -2.37. The molecule has 0 fully saturated rings. The number of aryl methyl sites for hydroxylation is 1. The Labute approximate surface area is 195 Å². The second-order valence-electron chi connectivity index (χ2n) is 8.28. The highest BCUT2D eigenvalue weighted by Gasteiger charge is 2.28. The van der Waals surface area contributed by atoms with Gasteiger partial charge in [-0.3, -0.25) is 0 Å². The number of anilines is 1. The van der Waals surface area contributed by atoms with E-state index in [-0.39, 0.29) is 18.4 Å². The van der Waals surface area contributed by atoms with Crippen molar-refractivity contribution in [2.75, 3.05) is 11.4 Å². The summed E-state index contributed by atoms with van der Waals surface area (Å²) in [6, 6.07) is 19.3. The molecule has 4 aromatic rings. The van der Waals surface area contributed by atoms with Crippen LogP contribution in [0.25, 0.3) is 10.9 Å². The molecule has 0 spiro atoms. The average Bonchev–Trinajstić information content (AvgIpc) is 3.00. The van der Waals surface area contributed by atoms with Crippen LogP contribution in [0.1, 0.15) is 40.9 Å². The van der Waals surface area contributed by atoms with Gasteiger partial charge in [0, 0.05) is 35.4 Å². The van der Waals surface area contributed by atoms with Gasteiger partial charge in [-0.25, -0.2) is 4.98 Å². The highest BCUT2D eigenvalue weighted by atomic mass is 35.5. The molecule has 0 saturated carbocycles. The minimum Gasteiger partial charge on any atom is -0.348 e. The summed E-state index contributed by atoms with van der Waals surface area (Å²) in [5.74, 6) is 1.07. The largest absolute Gasteiger partial charge is 0.348 e. The van der Waals surface area contributed by atoms with Gasteiger partial charge in [-0.05, 0) is 67.6 Å². The van der Waals surface area contributed by atoms with E-state index >= 15 is 0 Å². The van der Waals surface area contributed by atoms with Gasteiger partial charge in [-0.2, -0.15) is 0 Å². The molecule has 0 bridgehead atoms. The van der Waals surface area contributed by atoms with Crippen LogP contribution in [-0.2, 0) is 13.0 Å². The molecule has 5 heteroatoms. The Balaban J connectivity index is 0.00000231. The molecule has 31 heavy (non-hydrogen) atoms. The SMILES string of the molecule is Cc1c(C)n(Cc2ccccc2)c2c(N3CCc4ccc(Cl)cc4C3C)nccc12.Cl. The maximum Gasteiger partial charge on any atom is 0.153 e. The summed E-state index contributed by atoms with van der Waals surface area (Å²) in [6.07, 6.45) is 2.96. The summed E-state index contributed by atoms with van der Waals surface area (Å²) < 4.78 is 2.43. The van der Waals surface area contributed by atoms with Crippen molar-refractivity contribution in [3.05, 3.63) is 93.8 Å². The molecule has 1 aliphatic heterocycles. The van der Waals surface area contributed by atoms with Crippen LogP contribution in [-0.4, -0.2) is 16.1 Å². The molecule has 1 unspecified atom stereocenters. The van der Waals surface area contributed by atoms with Gasteiger partial charge in [0.2, 0.25) is 0 Å². The fourth-order valence-electron chi connectivity index (χ4n) is 4.82. The predicted molar refractivity (Wildman–Crippen MR) is 133 cm³/mol. The van der Waals surface area contributed by atoms with E-state index in [1.807, 2.05) is 12.3 Å². The Morgan fingerprint density at radius 2 is 1.84 bits per heavy atom.